The lowest BCUT2D eigenvalue weighted by atomic mass is 10.3. The Kier molecular flexibility index (Phi) is 4.86. The van der Waals surface area contributed by atoms with Crippen molar-refractivity contribution >= 4 is 23.2 Å². The maximum atomic E-state index is 12.2. The first-order valence-corrected chi connectivity index (χ1v) is 7.55. The molecular weight excluding hydrogens is 391 g/mol. The molecule has 1 heterocycles. The fraction of sp³-hybridized carbons (Fsp3) is 0.0667. The highest BCUT2D eigenvalue weighted by Gasteiger charge is 2.31. The van der Waals surface area contributed by atoms with Gasteiger partial charge in [-0.25, -0.2) is 0 Å². The Balaban J connectivity index is 1.74. The van der Waals surface area contributed by atoms with E-state index in [2.05, 4.69) is 25.5 Å². The number of alkyl halides is 3. The van der Waals surface area contributed by atoms with Gasteiger partial charge in [-0.15, -0.1) is 28.2 Å². The summed E-state index contributed by atoms with van der Waals surface area (Å²) in [6.07, 6.45) is -4.80. The fourth-order valence-corrected chi connectivity index (χ4v) is 2.15. The van der Waals surface area contributed by atoms with Gasteiger partial charge < -0.3 is 15.2 Å². The van der Waals surface area contributed by atoms with Crippen LogP contribution in [0, 0.1) is 0 Å². The van der Waals surface area contributed by atoms with Gasteiger partial charge in [0.2, 0.25) is 0 Å². The molecule has 2 aromatic carbocycles. The van der Waals surface area contributed by atoms with Gasteiger partial charge in [-0.2, -0.15) is 0 Å². The summed E-state index contributed by atoms with van der Waals surface area (Å²) in [5.41, 5.74) is 0.305. The fourth-order valence-electron chi connectivity index (χ4n) is 1.98. The summed E-state index contributed by atoms with van der Waals surface area (Å²) < 4.78 is 40.2. The largest absolute Gasteiger partial charge is 0.573 e. The molecule has 0 aliphatic carbocycles. The van der Waals surface area contributed by atoms with Crippen LogP contribution in [0.1, 0.15) is 10.6 Å². The van der Waals surface area contributed by atoms with Crippen molar-refractivity contribution in [1.82, 2.24) is 20.2 Å². The molecule has 0 saturated heterocycles. The van der Waals surface area contributed by atoms with Crippen LogP contribution in [-0.4, -0.2) is 37.6 Å². The van der Waals surface area contributed by atoms with Crippen molar-refractivity contribution in [3.8, 4) is 17.2 Å². The number of carbonyl (C=O) groups is 1. The molecule has 27 heavy (non-hydrogen) atoms. The number of amides is 1. The van der Waals surface area contributed by atoms with E-state index in [9.17, 15) is 23.1 Å². The molecule has 0 unspecified atom stereocenters. The van der Waals surface area contributed by atoms with Crippen molar-refractivity contribution in [3.63, 3.8) is 0 Å². The van der Waals surface area contributed by atoms with Crippen LogP contribution >= 0.6 is 11.6 Å². The van der Waals surface area contributed by atoms with Crippen molar-refractivity contribution in [2.24, 2.45) is 0 Å². The second-order valence-corrected chi connectivity index (χ2v) is 5.50. The second-order valence-electron chi connectivity index (χ2n) is 5.06. The van der Waals surface area contributed by atoms with Gasteiger partial charge in [0, 0.05) is 5.02 Å². The molecular formula is C15H9ClF3N5O3. The molecule has 1 aromatic heterocycles. The highest BCUT2D eigenvalue weighted by Crippen LogP contribution is 2.27. The number of phenols is 1. The van der Waals surface area contributed by atoms with Gasteiger partial charge in [-0.1, -0.05) is 11.6 Å². The summed E-state index contributed by atoms with van der Waals surface area (Å²) in [5, 5.41) is 23.4. The number of hydrogen-bond donors (Lipinski definition) is 2. The number of ether oxygens (including phenoxy) is 1. The molecule has 12 heteroatoms. The van der Waals surface area contributed by atoms with Gasteiger partial charge in [0.15, 0.2) is 0 Å². The molecule has 8 nitrogen and oxygen atoms in total. The predicted molar refractivity (Wildman–Crippen MR) is 86.9 cm³/mol. The number of tetrazole rings is 1. The molecule has 1 amide bonds. The van der Waals surface area contributed by atoms with E-state index < -0.39 is 18.0 Å². The number of nitrogens with one attached hydrogen (secondary N) is 1. The van der Waals surface area contributed by atoms with E-state index in [1.54, 1.807) is 0 Å². The van der Waals surface area contributed by atoms with E-state index in [-0.39, 0.29) is 22.9 Å². The van der Waals surface area contributed by atoms with E-state index >= 15 is 0 Å². The summed E-state index contributed by atoms with van der Waals surface area (Å²) in [5.74, 6) is -1.72. The summed E-state index contributed by atoms with van der Waals surface area (Å²) in [7, 11) is 0. The number of hydrogen-bond acceptors (Lipinski definition) is 6. The Morgan fingerprint density at radius 1 is 1.19 bits per heavy atom. The zero-order chi connectivity index (χ0) is 19.6. The number of aromatic hydroxyl groups is 1. The van der Waals surface area contributed by atoms with E-state index in [4.69, 9.17) is 11.6 Å². The summed E-state index contributed by atoms with van der Waals surface area (Å²) in [6, 6.07) is 8.71. The molecule has 0 radical (unpaired) electrons. The standard InChI is InChI=1S/C15H9ClF3N5O3/c16-8-1-6-12(25)11(7-8)20-14(26)13-21-23-24(22-13)9-2-4-10(5-3-9)27-15(17,18)19/h1-7,25H,(H,20,26). The first-order chi connectivity index (χ1) is 12.7. The average Bonchev–Trinajstić information content (AvgIpc) is 3.07. The number of benzene rings is 2. The molecule has 2 N–H and O–H groups in total. The topological polar surface area (TPSA) is 102 Å². The molecule has 140 valence electrons. The summed E-state index contributed by atoms with van der Waals surface area (Å²) >= 11 is 5.79. The van der Waals surface area contributed by atoms with Crippen LogP contribution in [0.3, 0.4) is 0 Å². The predicted octanol–water partition coefficient (Wildman–Crippen LogP) is 3.17. The molecule has 0 aliphatic heterocycles. The lowest BCUT2D eigenvalue weighted by Crippen LogP contribution is -2.17. The first-order valence-electron chi connectivity index (χ1n) is 7.17. The number of carbonyl (C=O) groups excluding carboxylic acids is 1. The van der Waals surface area contributed by atoms with Crippen molar-refractivity contribution < 1.29 is 27.8 Å². The van der Waals surface area contributed by atoms with E-state index in [1.807, 2.05) is 0 Å². The van der Waals surface area contributed by atoms with Gasteiger partial charge in [-0.05, 0) is 47.7 Å². The minimum absolute atomic E-state index is 0.0532. The third kappa shape index (κ3) is 4.64. The van der Waals surface area contributed by atoms with Gasteiger partial charge in [0.05, 0.1) is 11.4 Å². The number of rotatable bonds is 4. The van der Waals surface area contributed by atoms with Crippen molar-refractivity contribution in [2.75, 3.05) is 5.32 Å². The number of anilines is 1. The minimum Gasteiger partial charge on any atom is -0.506 e. The van der Waals surface area contributed by atoms with Crippen LogP contribution in [0.5, 0.6) is 11.5 Å². The highest BCUT2D eigenvalue weighted by molar-refractivity contribution is 6.31. The lowest BCUT2D eigenvalue weighted by Gasteiger charge is -2.08. The molecule has 3 rings (SSSR count). The van der Waals surface area contributed by atoms with Crippen LogP contribution in [0.25, 0.3) is 5.69 Å². The van der Waals surface area contributed by atoms with Crippen molar-refractivity contribution in [3.05, 3.63) is 53.3 Å². The van der Waals surface area contributed by atoms with E-state index in [0.717, 1.165) is 16.9 Å². The van der Waals surface area contributed by atoms with Crippen LogP contribution in [-0.2, 0) is 0 Å². The Bertz CT molecular complexity index is 976. The van der Waals surface area contributed by atoms with E-state index in [1.165, 1.54) is 30.3 Å². The Labute approximate surface area is 154 Å². The summed E-state index contributed by atoms with van der Waals surface area (Å²) in [4.78, 5) is 13.1. The SMILES string of the molecule is O=C(Nc1cc(Cl)ccc1O)c1nnn(-c2ccc(OC(F)(F)F)cc2)n1. The monoisotopic (exact) mass is 399 g/mol. The number of halogens is 4. The quantitative estimate of drug-likeness (QED) is 0.653. The average molecular weight is 400 g/mol. The molecule has 3 aromatic rings. The molecule has 0 saturated carbocycles. The first kappa shape index (κ1) is 18.5. The van der Waals surface area contributed by atoms with Gasteiger partial charge >= 0.3 is 6.36 Å². The Morgan fingerprint density at radius 3 is 2.56 bits per heavy atom. The van der Waals surface area contributed by atoms with Crippen molar-refractivity contribution in [1.29, 1.82) is 0 Å². The maximum Gasteiger partial charge on any atom is 0.573 e. The minimum atomic E-state index is -4.80. The molecule has 0 aliphatic rings. The van der Waals surface area contributed by atoms with Gasteiger partial charge in [-0.3, -0.25) is 4.79 Å². The van der Waals surface area contributed by atoms with Crippen LogP contribution in [0.2, 0.25) is 5.02 Å². The summed E-state index contributed by atoms with van der Waals surface area (Å²) in [6.45, 7) is 0. The number of phenolic OH excluding ortho intramolecular Hbond substituents is 1. The highest BCUT2D eigenvalue weighted by atomic mass is 35.5. The van der Waals surface area contributed by atoms with Crippen LogP contribution in [0.4, 0.5) is 18.9 Å². The van der Waals surface area contributed by atoms with Gasteiger partial charge in [0.25, 0.3) is 11.7 Å². The second kappa shape index (κ2) is 7.11. The third-order valence-electron chi connectivity index (χ3n) is 3.12. The molecule has 0 bridgehead atoms. The van der Waals surface area contributed by atoms with Crippen molar-refractivity contribution in [2.45, 2.75) is 6.36 Å². The van der Waals surface area contributed by atoms with Crippen LogP contribution in [0.15, 0.2) is 42.5 Å². The Hall–Kier alpha value is -3.34. The molecule has 0 atom stereocenters. The number of aromatic nitrogens is 4. The maximum absolute atomic E-state index is 12.2. The zero-order valence-electron chi connectivity index (χ0n) is 13.1. The molecule has 0 fully saturated rings. The number of nitrogens with zero attached hydrogens (tertiary/aromatic N) is 4. The van der Waals surface area contributed by atoms with E-state index in [0.29, 0.717) is 5.02 Å². The lowest BCUT2D eigenvalue weighted by molar-refractivity contribution is -0.274. The zero-order valence-corrected chi connectivity index (χ0v) is 13.9. The van der Waals surface area contributed by atoms with Gasteiger partial charge in [0.1, 0.15) is 11.5 Å². The normalized spacial score (nSPS) is 11.3. The van der Waals surface area contributed by atoms with Crippen LogP contribution < -0.4 is 10.1 Å². The smallest absolute Gasteiger partial charge is 0.506 e. The Morgan fingerprint density at radius 2 is 1.89 bits per heavy atom. The molecule has 0 spiro atoms. The third-order valence-corrected chi connectivity index (χ3v) is 3.36.